The van der Waals surface area contributed by atoms with Gasteiger partial charge in [-0.05, 0) is 31.5 Å². The molecule has 8 heteroatoms. The van der Waals surface area contributed by atoms with Gasteiger partial charge in [0.1, 0.15) is 16.8 Å². The Balaban J connectivity index is 2.44. The molecule has 0 aliphatic heterocycles. The SMILES string of the molecule is CCNC(=O)c1cc2c(=O)n3cccc(C)c3nc2n(CCOC)c1=N. The predicted octanol–water partition coefficient (Wildman–Crippen LogP) is 0.833. The van der Waals surface area contributed by atoms with E-state index in [9.17, 15) is 9.59 Å². The number of amides is 1. The molecule has 3 heterocycles. The molecule has 0 aromatic carbocycles. The number of hydrogen-bond donors (Lipinski definition) is 2. The maximum absolute atomic E-state index is 13.0. The van der Waals surface area contributed by atoms with Crippen LogP contribution < -0.4 is 16.4 Å². The lowest BCUT2D eigenvalue weighted by Crippen LogP contribution is -2.35. The van der Waals surface area contributed by atoms with Gasteiger partial charge in [0.05, 0.1) is 17.6 Å². The molecule has 0 radical (unpaired) electrons. The molecule has 136 valence electrons. The zero-order chi connectivity index (χ0) is 18.8. The maximum Gasteiger partial charge on any atom is 0.267 e. The second kappa shape index (κ2) is 7.09. The van der Waals surface area contributed by atoms with Gasteiger partial charge in [-0.15, -0.1) is 0 Å². The molecule has 0 saturated carbocycles. The molecule has 3 rings (SSSR count). The number of methoxy groups -OCH3 is 1. The van der Waals surface area contributed by atoms with Gasteiger partial charge in [-0.3, -0.25) is 19.4 Å². The number of nitrogens with one attached hydrogen (secondary N) is 2. The number of carbonyl (C=O) groups is 1. The van der Waals surface area contributed by atoms with Crippen LogP contribution in [0.4, 0.5) is 0 Å². The Morgan fingerprint density at radius 2 is 2.15 bits per heavy atom. The molecule has 0 aliphatic carbocycles. The third kappa shape index (κ3) is 2.88. The van der Waals surface area contributed by atoms with E-state index in [1.54, 1.807) is 30.9 Å². The number of aromatic nitrogens is 3. The van der Waals surface area contributed by atoms with Crippen molar-refractivity contribution in [2.24, 2.45) is 0 Å². The molecule has 0 atom stereocenters. The Hall–Kier alpha value is -3.00. The van der Waals surface area contributed by atoms with Crippen LogP contribution in [0.5, 0.6) is 0 Å². The molecule has 3 aromatic heterocycles. The molecule has 0 bridgehead atoms. The van der Waals surface area contributed by atoms with E-state index < -0.39 is 0 Å². The van der Waals surface area contributed by atoms with Crippen LogP contribution >= 0.6 is 0 Å². The number of fused-ring (bicyclic) bond motifs is 2. The van der Waals surface area contributed by atoms with Crippen molar-refractivity contribution in [3.05, 3.63) is 51.4 Å². The van der Waals surface area contributed by atoms with Crippen LogP contribution in [-0.4, -0.2) is 40.1 Å². The van der Waals surface area contributed by atoms with Gasteiger partial charge < -0.3 is 14.6 Å². The molecule has 8 nitrogen and oxygen atoms in total. The summed E-state index contributed by atoms with van der Waals surface area (Å²) >= 11 is 0. The quantitative estimate of drug-likeness (QED) is 0.662. The van der Waals surface area contributed by atoms with Crippen LogP contribution in [-0.2, 0) is 11.3 Å². The van der Waals surface area contributed by atoms with Crippen molar-refractivity contribution in [2.75, 3.05) is 20.3 Å². The van der Waals surface area contributed by atoms with E-state index in [0.717, 1.165) is 5.56 Å². The molecule has 26 heavy (non-hydrogen) atoms. The van der Waals surface area contributed by atoms with E-state index in [0.29, 0.717) is 36.4 Å². The molecule has 0 fully saturated rings. The van der Waals surface area contributed by atoms with Crippen LogP contribution in [0.15, 0.2) is 29.2 Å². The summed E-state index contributed by atoms with van der Waals surface area (Å²) in [5.74, 6) is -0.390. The molecular formula is C18H21N5O3. The molecule has 3 aromatic rings. The van der Waals surface area contributed by atoms with Crippen LogP contribution in [0.2, 0.25) is 0 Å². The highest BCUT2D eigenvalue weighted by molar-refractivity contribution is 5.96. The number of carbonyl (C=O) groups excluding carboxylic acids is 1. The number of rotatable bonds is 5. The number of nitrogens with zero attached hydrogens (tertiary/aromatic N) is 3. The maximum atomic E-state index is 13.0. The summed E-state index contributed by atoms with van der Waals surface area (Å²) in [6, 6.07) is 5.10. The van der Waals surface area contributed by atoms with Gasteiger partial charge in [-0.2, -0.15) is 0 Å². The van der Waals surface area contributed by atoms with E-state index in [4.69, 9.17) is 10.1 Å². The zero-order valence-electron chi connectivity index (χ0n) is 15.0. The van der Waals surface area contributed by atoms with Crippen LogP contribution in [0.25, 0.3) is 16.7 Å². The summed E-state index contributed by atoms with van der Waals surface area (Å²) in [6.45, 7) is 4.75. The lowest BCUT2D eigenvalue weighted by molar-refractivity contribution is 0.0953. The predicted molar refractivity (Wildman–Crippen MR) is 97.4 cm³/mol. The largest absolute Gasteiger partial charge is 0.383 e. The summed E-state index contributed by atoms with van der Waals surface area (Å²) in [7, 11) is 1.56. The molecule has 0 saturated heterocycles. The number of hydrogen-bond acceptors (Lipinski definition) is 5. The summed E-state index contributed by atoms with van der Waals surface area (Å²) in [5, 5.41) is 11.4. The van der Waals surface area contributed by atoms with Gasteiger partial charge in [-0.25, -0.2) is 4.98 Å². The van der Waals surface area contributed by atoms with Crippen LogP contribution in [0.1, 0.15) is 22.8 Å². The van der Waals surface area contributed by atoms with E-state index in [-0.39, 0.29) is 22.5 Å². The first kappa shape index (κ1) is 17.8. The highest BCUT2D eigenvalue weighted by Gasteiger charge is 2.17. The van der Waals surface area contributed by atoms with E-state index in [2.05, 4.69) is 10.3 Å². The molecule has 2 N–H and O–H groups in total. The first-order valence-electron chi connectivity index (χ1n) is 8.36. The van der Waals surface area contributed by atoms with Crippen LogP contribution in [0.3, 0.4) is 0 Å². The van der Waals surface area contributed by atoms with Gasteiger partial charge in [0.2, 0.25) is 0 Å². The molecule has 0 spiro atoms. The average Bonchev–Trinajstić information content (AvgIpc) is 2.62. The fraction of sp³-hybridized carbons (Fsp3) is 0.333. The zero-order valence-corrected chi connectivity index (χ0v) is 15.0. The highest BCUT2D eigenvalue weighted by Crippen LogP contribution is 2.12. The molecular weight excluding hydrogens is 334 g/mol. The summed E-state index contributed by atoms with van der Waals surface area (Å²) in [6.07, 6.45) is 1.65. The van der Waals surface area contributed by atoms with Gasteiger partial charge in [0.25, 0.3) is 11.5 Å². The summed E-state index contributed by atoms with van der Waals surface area (Å²) in [4.78, 5) is 30.0. The monoisotopic (exact) mass is 355 g/mol. The second-order valence-electron chi connectivity index (χ2n) is 5.95. The lowest BCUT2D eigenvalue weighted by Gasteiger charge is -2.14. The summed E-state index contributed by atoms with van der Waals surface area (Å²) in [5.41, 5.74) is 1.63. The highest BCUT2D eigenvalue weighted by atomic mass is 16.5. The Bertz CT molecular complexity index is 1110. The third-order valence-electron chi connectivity index (χ3n) is 4.23. The topological polar surface area (TPSA) is 101 Å². The lowest BCUT2D eigenvalue weighted by atomic mass is 10.2. The number of ether oxygens (including phenoxy) is 1. The average molecular weight is 355 g/mol. The van der Waals surface area contributed by atoms with Gasteiger partial charge >= 0.3 is 0 Å². The third-order valence-corrected chi connectivity index (χ3v) is 4.23. The van der Waals surface area contributed by atoms with Crippen molar-refractivity contribution in [1.29, 1.82) is 5.41 Å². The summed E-state index contributed by atoms with van der Waals surface area (Å²) < 4.78 is 8.14. The Morgan fingerprint density at radius 1 is 1.38 bits per heavy atom. The number of aryl methyl sites for hydroxylation is 1. The van der Waals surface area contributed by atoms with Gasteiger partial charge in [0.15, 0.2) is 0 Å². The molecule has 1 amide bonds. The van der Waals surface area contributed by atoms with Crippen molar-refractivity contribution >= 4 is 22.6 Å². The van der Waals surface area contributed by atoms with E-state index in [1.807, 2.05) is 13.0 Å². The van der Waals surface area contributed by atoms with Crippen molar-refractivity contribution in [2.45, 2.75) is 20.4 Å². The fourth-order valence-electron chi connectivity index (χ4n) is 2.93. The van der Waals surface area contributed by atoms with Crippen molar-refractivity contribution < 1.29 is 9.53 Å². The van der Waals surface area contributed by atoms with Crippen molar-refractivity contribution in [3.8, 4) is 0 Å². The van der Waals surface area contributed by atoms with Crippen molar-refractivity contribution in [3.63, 3.8) is 0 Å². The van der Waals surface area contributed by atoms with Crippen molar-refractivity contribution in [1.82, 2.24) is 19.3 Å². The molecule has 0 unspecified atom stereocenters. The van der Waals surface area contributed by atoms with Gasteiger partial charge in [-0.1, -0.05) is 6.07 Å². The minimum atomic E-state index is -0.390. The smallest absolute Gasteiger partial charge is 0.267 e. The number of pyridine rings is 2. The first-order chi connectivity index (χ1) is 12.5. The Kier molecular flexibility index (Phi) is 4.85. The van der Waals surface area contributed by atoms with E-state index in [1.165, 1.54) is 10.5 Å². The minimum Gasteiger partial charge on any atom is -0.383 e. The fourth-order valence-corrected chi connectivity index (χ4v) is 2.93. The Labute approximate surface area is 149 Å². The molecule has 0 aliphatic rings. The Morgan fingerprint density at radius 3 is 2.85 bits per heavy atom. The normalized spacial score (nSPS) is 11.2. The standard InChI is InChI=1S/C18H21N5O3/c1-4-20-17(24)12-10-13-16(22(14(12)19)8-9-26-3)21-15-11(2)6-5-7-23(15)18(13)25/h5-7,10,19H,4,8-9H2,1-3H3,(H,20,24). The second-order valence-corrected chi connectivity index (χ2v) is 5.95. The van der Waals surface area contributed by atoms with E-state index >= 15 is 0 Å². The van der Waals surface area contributed by atoms with Crippen LogP contribution in [0, 0.1) is 12.3 Å². The minimum absolute atomic E-state index is 0.00494. The van der Waals surface area contributed by atoms with Gasteiger partial charge in [0, 0.05) is 26.4 Å². The first-order valence-corrected chi connectivity index (χ1v) is 8.36.